The van der Waals surface area contributed by atoms with Gasteiger partial charge in [-0.3, -0.25) is 4.79 Å². The first kappa shape index (κ1) is 12.4. The van der Waals surface area contributed by atoms with Crippen LogP contribution in [0.2, 0.25) is 0 Å². The molecule has 96 valence electrons. The largest absolute Gasteiger partial charge is 0.448 e. The summed E-state index contributed by atoms with van der Waals surface area (Å²) in [5, 5.41) is 2.79. The first-order chi connectivity index (χ1) is 8.65. The van der Waals surface area contributed by atoms with Crippen LogP contribution in [-0.4, -0.2) is 36.6 Å². The molecule has 1 aromatic carbocycles. The smallest absolute Gasteiger partial charge is 0.409 e. The highest BCUT2D eigenvalue weighted by molar-refractivity contribution is 5.91. The van der Waals surface area contributed by atoms with Gasteiger partial charge in [-0.15, -0.1) is 0 Å². The fourth-order valence-electron chi connectivity index (χ4n) is 1.73. The number of benzene rings is 1. The maximum atomic E-state index is 11.7. The minimum atomic E-state index is -0.335. The molecule has 1 saturated heterocycles. The second-order valence-corrected chi connectivity index (χ2v) is 4.27. The fourth-order valence-corrected chi connectivity index (χ4v) is 1.73. The SMILES string of the molecule is Cc1ccc(NC(=O)CCN2CCOC2=O)cc1. The highest BCUT2D eigenvalue weighted by Gasteiger charge is 2.21. The van der Waals surface area contributed by atoms with Gasteiger partial charge in [0, 0.05) is 18.7 Å². The number of nitrogens with one attached hydrogen (secondary N) is 1. The molecule has 2 amide bonds. The minimum Gasteiger partial charge on any atom is -0.448 e. The molecule has 1 heterocycles. The number of anilines is 1. The van der Waals surface area contributed by atoms with Crippen LogP contribution in [0.3, 0.4) is 0 Å². The minimum absolute atomic E-state index is 0.0986. The second kappa shape index (κ2) is 5.53. The average molecular weight is 248 g/mol. The molecule has 0 aliphatic carbocycles. The summed E-state index contributed by atoms with van der Waals surface area (Å²) in [5.74, 6) is -0.0986. The molecule has 1 aromatic rings. The van der Waals surface area contributed by atoms with Crippen LogP contribution >= 0.6 is 0 Å². The lowest BCUT2D eigenvalue weighted by molar-refractivity contribution is -0.116. The Morgan fingerprint density at radius 1 is 1.39 bits per heavy atom. The van der Waals surface area contributed by atoms with Crippen LogP contribution < -0.4 is 5.32 Å². The Morgan fingerprint density at radius 3 is 2.72 bits per heavy atom. The summed E-state index contributed by atoms with van der Waals surface area (Å²) >= 11 is 0. The van der Waals surface area contributed by atoms with Crippen molar-refractivity contribution in [1.82, 2.24) is 4.90 Å². The van der Waals surface area contributed by atoms with E-state index in [2.05, 4.69) is 5.32 Å². The van der Waals surface area contributed by atoms with Crippen molar-refractivity contribution in [2.75, 3.05) is 25.0 Å². The number of carbonyl (C=O) groups excluding carboxylic acids is 2. The van der Waals surface area contributed by atoms with E-state index in [1.807, 2.05) is 31.2 Å². The van der Waals surface area contributed by atoms with E-state index in [4.69, 9.17) is 4.74 Å². The molecule has 0 saturated carbocycles. The van der Waals surface area contributed by atoms with Gasteiger partial charge >= 0.3 is 6.09 Å². The van der Waals surface area contributed by atoms with E-state index in [-0.39, 0.29) is 18.4 Å². The van der Waals surface area contributed by atoms with Crippen molar-refractivity contribution in [2.24, 2.45) is 0 Å². The third-order valence-corrected chi connectivity index (χ3v) is 2.79. The number of hydrogen-bond acceptors (Lipinski definition) is 3. The van der Waals surface area contributed by atoms with Crippen LogP contribution in [0.5, 0.6) is 0 Å². The molecule has 5 heteroatoms. The maximum Gasteiger partial charge on any atom is 0.409 e. The predicted molar refractivity (Wildman–Crippen MR) is 67.3 cm³/mol. The van der Waals surface area contributed by atoms with Crippen LogP contribution in [0.25, 0.3) is 0 Å². The zero-order chi connectivity index (χ0) is 13.0. The first-order valence-electron chi connectivity index (χ1n) is 5.93. The van der Waals surface area contributed by atoms with Gasteiger partial charge in [-0.2, -0.15) is 0 Å². The third-order valence-electron chi connectivity index (χ3n) is 2.79. The third kappa shape index (κ3) is 3.23. The predicted octanol–water partition coefficient (Wildman–Crippen LogP) is 1.78. The van der Waals surface area contributed by atoms with Gasteiger partial charge in [0.05, 0.1) is 6.54 Å². The Bertz CT molecular complexity index is 442. The summed E-state index contributed by atoms with van der Waals surface area (Å²) in [5.41, 5.74) is 1.92. The van der Waals surface area contributed by atoms with Crippen LogP contribution in [0.4, 0.5) is 10.5 Å². The number of hydrogen-bond donors (Lipinski definition) is 1. The van der Waals surface area contributed by atoms with Gasteiger partial charge in [-0.05, 0) is 19.1 Å². The molecule has 0 atom stereocenters. The van der Waals surface area contributed by atoms with Gasteiger partial charge in [0.25, 0.3) is 0 Å². The zero-order valence-corrected chi connectivity index (χ0v) is 10.3. The summed E-state index contributed by atoms with van der Waals surface area (Å²) in [6.45, 7) is 3.37. The Balaban J connectivity index is 1.78. The van der Waals surface area contributed by atoms with Gasteiger partial charge in [0.1, 0.15) is 6.61 Å². The van der Waals surface area contributed by atoms with E-state index < -0.39 is 0 Å². The van der Waals surface area contributed by atoms with Crippen molar-refractivity contribution in [3.63, 3.8) is 0 Å². The maximum absolute atomic E-state index is 11.7. The Labute approximate surface area is 106 Å². The number of nitrogens with zero attached hydrogens (tertiary/aromatic N) is 1. The first-order valence-corrected chi connectivity index (χ1v) is 5.93. The summed E-state index contributed by atoms with van der Waals surface area (Å²) in [7, 11) is 0. The monoisotopic (exact) mass is 248 g/mol. The van der Waals surface area contributed by atoms with Crippen LogP contribution in [0.15, 0.2) is 24.3 Å². The van der Waals surface area contributed by atoms with Gasteiger partial charge in [0.2, 0.25) is 5.91 Å². The number of cyclic esters (lactones) is 1. The number of carbonyl (C=O) groups is 2. The van der Waals surface area contributed by atoms with Crippen LogP contribution in [-0.2, 0) is 9.53 Å². The molecular weight excluding hydrogens is 232 g/mol. The molecule has 2 rings (SSSR count). The molecule has 0 radical (unpaired) electrons. The molecule has 5 nitrogen and oxygen atoms in total. The lowest BCUT2D eigenvalue weighted by atomic mass is 10.2. The molecular formula is C13H16N2O3. The topological polar surface area (TPSA) is 58.6 Å². The quantitative estimate of drug-likeness (QED) is 0.883. The van der Waals surface area contributed by atoms with Crippen molar-refractivity contribution in [3.05, 3.63) is 29.8 Å². The van der Waals surface area contributed by atoms with E-state index in [9.17, 15) is 9.59 Å². The normalized spacial score (nSPS) is 14.5. The molecule has 1 aliphatic rings. The fraction of sp³-hybridized carbons (Fsp3) is 0.385. The van der Waals surface area contributed by atoms with Gasteiger partial charge in [-0.25, -0.2) is 4.79 Å². The standard InChI is InChI=1S/C13H16N2O3/c1-10-2-4-11(5-3-10)14-12(16)6-7-15-8-9-18-13(15)17/h2-5H,6-9H2,1H3,(H,14,16). The van der Waals surface area contributed by atoms with Crippen molar-refractivity contribution in [1.29, 1.82) is 0 Å². The number of ether oxygens (including phenoxy) is 1. The van der Waals surface area contributed by atoms with Crippen molar-refractivity contribution >= 4 is 17.7 Å². The molecule has 0 aromatic heterocycles. The molecule has 0 unspecified atom stereocenters. The molecule has 0 spiro atoms. The van der Waals surface area contributed by atoms with E-state index >= 15 is 0 Å². The molecule has 1 fully saturated rings. The summed E-state index contributed by atoms with van der Waals surface area (Å²) in [4.78, 5) is 24.4. The molecule has 0 bridgehead atoms. The summed E-state index contributed by atoms with van der Waals surface area (Å²) in [6.07, 6.45) is -0.0543. The number of rotatable bonds is 4. The van der Waals surface area contributed by atoms with E-state index in [0.717, 1.165) is 11.3 Å². The summed E-state index contributed by atoms with van der Waals surface area (Å²) in [6, 6.07) is 7.59. The Hall–Kier alpha value is -2.04. The van der Waals surface area contributed by atoms with Crippen molar-refractivity contribution in [2.45, 2.75) is 13.3 Å². The van der Waals surface area contributed by atoms with E-state index in [1.54, 1.807) is 0 Å². The number of aryl methyl sites for hydroxylation is 1. The lowest BCUT2D eigenvalue weighted by Gasteiger charge is -2.12. The van der Waals surface area contributed by atoms with Crippen molar-refractivity contribution in [3.8, 4) is 0 Å². The molecule has 1 N–H and O–H groups in total. The Morgan fingerprint density at radius 2 is 2.11 bits per heavy atom. The van der Waals surface area contributed by atoms with Gasteiger partial charge in [-0.1, -0.05) is 17.7 Å². The lowest BCUT2D eigenvalue weighted by Crippen LogP contribution is -2.28. The van der Waals surface area contributed by atoms with Crippen molar-refractivity contribution < 1.29 is 14.3 Å². The molecule has 1 aliphatic heterocycles. The highest BCUT2D eigenvalue weighted by Crippen LogP contribution is 2.09. The van der Waals surface area contributed by atoms with E-state index in [0.29, 0.717) is 19.7 Å². The van der Waals surface area contributed by atoms with E-state index in [1.165, 1.54) is 4.90 Å². The average Bonchev–Trinajstić information content (AvgIpc) is 2.75. The van der Waals surface area contributed by atoms with Crippen LogP contribution in [0.1, 0.15) is 12.0 Å². The summed E-state index contributed by atoms with van der Waals surface area (Å²) < 4.78 is 4.78. The Kier molecular flexibility index (Phi) is 3.82. The van der Waals surface area contributed by atoms with Gasteiger partial charge in [0.15, 0.2) is 0 Å². The van der Waals surface area contributed by atoms with Crippen LogP contribution in [0, 0.1) is 6.92 Å². The van der Waals surface area contributed by atoms with Gasteiger partial charge < -0.3 is 15.0 Å². The second-order valence-electron chi connectivity index (χ2n) is 4.27. The zero-order valence-electron chi connectivity index (χ0n) is 10.3. The molecule has 18 heavy (non-hydrogen) atoms. The highest BCUT2D eigenvalue weighted by atomic mass is 16.6. The number of amides is 2.